The third kappa shape index (κ3) is 1.74. The highest BCUT2D eigenvalue weighted by molar-refractivity contribution is 5.97. The van der Waals surface area contributed by atoms with Gasteiger partial charge in [0.05, 0.1) is 7.11 Å². The Balaban J connectivity index is 2.32. The summed E-state index contributed by atoms with van der Waals surface area (Å²) >= 11 is 0. The van der Waals surface area contributed by atoms with Gasteiger partial charge < -0.3 is 4.74 Å². The van der Waals surface area contributed by atoms with Crippen LogP contribution in [0.5, 0.6) is 5.75 Å². The summed E-state index contributed by atoms with van der Waals surface area (Å²) < 4.78 is 5.39. The lowest BCUT2D eigenvalue weighted by atomic mass is 9.98. The number of fused-ring (bicyclic) bond motifs is 1. The maximum atomic E-state index is 5.39. The van der Waals surface area contributed by atoms with E-state index in [2.05, 4.69) is 54.6 Å². The van der Waals surface area contributed by atoms with Gasteiger partial charge >= 0.3 is 0 Å². The molecule has 18 heavy (non-hydrogen) atoms. The highest BCUT2D eigenvalue weighted by atomic mass is 16.5. The number of rotatable bonds is 2. The van der Waals surface area contributed by atoms with Crippen molar-refractivity contribution in [2.24, 2.45) is 0 Å². The predicted octanol–water partition coefficient (Wildman–Crippen LogP) is 4.32. The van der Waals surface area contributed by atoms with Crippen molar-refractivity contribution in [1.82, 2.24) is 0 Å². The lowest BCUT2D eigenvalue weighted by molar-refractivity contribution is 0.415. The second kappa shape index (κ2) is 4.53. The van der Waals surface area contributed by atoms with E-state index in [0.717, 1.165) is 11.3 Å². The van der Waals surface area contributed by atoms with Crippen molar-refractivity contribution in [1.29, 1.82) is 0 Å². The van der Waals surface area contributed by atoms with Crippen LogP contribution in [0.3, 0.4) is 0 Å². The van der Waals surface area contributed by atoms with Gasteiger partial charge in [-0.05, 0) is 16.3 Å². The molecule has 87 valence electrons. The Morgan fingerprint density at radius 3 is 2.50 bits per heavy atom. The molecule has 0 aliphatic heterocycles. The van der Waals surface area contributed by atoms with Gasteiger partial charge in [-0.1, -0.05) is 60.7 Å². The van der Waals surface area contributed by atoms with E-state index in [0.29, 0.717) is 0 Å². The lowest BCUT2D eigenvalue weighted by Crippen LogP contribution is -1.88. The zero-order valence-electron chi connectivity index (χ0n) is 10.2. The average molecular weight is 233 g/mol. The van der Waals surface area contributed by atoms with Crippen LogP contribution in [0.1, 0.15) is 0 Å². The van der Waals surface area contributed by atoms with Crippen LogP contribution in [0.4, 0.5) is 0 Å². The Bertz CT molecular complexity index is 681. The minimum Gasteiger partial charge on any atom is -0.495 e. The first kappa shape index (κ1) is 10.8. The Kier molecular flexibility index (Phi) is 2.73. The first-order valence-electron chi connectivity index (χ1n) is 5.93. The molecule has 0 amide bonds. The number of hydrogen-bond acceptors (Lipinski definition) is 1. The molecule has 1 nitrogen and oxygen atoms in total. The summed E-state index contributed by atoms with van der Waals surface area (Å²) in [4.78, 5) is 0. The average Bonchev–Trinajstić information content (AvgIpc) is 2.46. The Morgan fingerprint density at radius 2 is 1.61 bits per heavy atom. The number of hydrogen-bond donors (Lipinski definition) is 0. The molecule has 0 saturated carbocycles. The summed E-state index contributed by atoms with van der Waals surface area (Å²) in [5.41, 5.74) is 2.26. The van der Waals surface area contributed by atoms with Crippen molar-refractivity contribution < 1.29 is 4.74 Å². The largest absolute Gasteiger partial charge is 0.495 e. The van der Waals surface area contributed by atoms with Crippen LogP contribution in [0.15, 0.2) is 60.7 Å². The van der Waals surface area contributed by atoms with Crippen LogP contribution in [-0.2, 0) is 0 Å². The van der Waals surface area contributed by atoms with Crippen molar-refractivity contribution in [2.45, 2.75) is 0 Å². The molecule has 1 heteroatoms. The van der Waals surface area contributed by atoms with Gasteiger partial charge in [-0.25, -0.2) is 0 Å². The molecule has 3 aromatic carbocycles. The molecular weight excluding hydrogens is 220 g/mol. The van der Waals surface area contributed by atoms with E-state index in [9.17, 15) is 0 Å². The number of para-hydroxylation sites is 1. The van der Waals surface area contributed by atoms with E-state index >= 15 is 0 Å². The maximum absolute atomic E-state index is 5.39. The van der Waals surface area contributed by atoms with Crippen LogP contribution >= 0.6 is 0 Å². The van der Waals surface area contributed by atoms with Crippen LogP contribution in [0.25, 0.3) is 21.9 Å². The molecule has 3 aromatic rings. The molecule has 0 aromatic heterocycles. The molecule has 1 radical (unpaired) electrons. The minimum atomic E-state index is 0.786. The standard InChI is InChI=1S/C17H13O/c1-18-17-12-5-4-10-16(17)15-11-6-8-13-7-2-3-9-14(13)15/h2-11H,1H3. The molecule has 0 fully saturated rings. The second-order valence-electron chi connectivity index (χ2n) is 4.14. The van der Waals surface area contributed by atoms with Gasteiger partial charge in [-0.15, -0.1) is 0 Å². The molecule has 0 spiro atoms. The van der Waals surface area contributed by atoms with Gasteiger partial charge in [0.25, 0.3) is 0 Å². The highest BCUT2D eigenvalue weighted by Gasteiger charge is 2.07. The topological polar surface area (TPSA) is 9.23 Å². The Labute approximate surface area is 107 Å². The zero-order chi connectivity index (χ0) is 12.4. The second-order valence-corrected chi connectivity index (χ2v) is 4.14. The summed E-state index contributed by atoms with van der Waals surface area (Å²) in [7, 11) is 1.68. The van der Waals surface area contributed by atoms with E-state index in [1.54, 1.807) is 7.11 Å². The third-order valence-corrected chi connectivity index (χ3v) is 3.10. The fourth-order valence-electron chi connectivity index (χ4n) is 2.26. The summed E-state index contributed by atoms with van der Waals surface area (Å²) in [6, 6.07) is 23.7. The molecule has 0 atom stereocenters. The van der Waals surface area contributed by atoms with Crippen molar-refractivity contribution in [3.05, 3.63) is 66.7 Å². The van der Waals surface area contributed by atoms with Gasteiger partial charge in [0, 0.05) is 11.6 Å². The zero-order valence-corrected chi connectivity index (χ0v) is 10.2. The number of benzene rings is 3. The van der Waals surface area contributed by atoms with Crippen molar-refractivity contribution in [2.75, 3.05) is 7.11 Å². The molecule has 0 aliphatic carbocycles. The minimum absolute atomic E-state index is 0.786. The molecule has 0 aliphatic rings. The SMILES string of the molecule is COc1[c]cccc1-c1cccc2ccccc12. The van der Waals surface area contributed by atoms with E-state index < -0.39 is 0 Å². The van der Waals surface area contributed by atoms with E-state index in [-0.39, 0.29) is 0 Å². The molecular formula is C17H13O. The quantitative estimate of drug-likeness (QED) is 0.640. The van der Waals surface area contributed by atoms with Crippen LogP contribution < -0.4 is 4.74 Å². The normalized spacial score (nSPS) is 10.5. The van der Waals surface area contributed by atoms with Crippen LogP contribution in [0.2, 0.25) is 0 Å². The summed E-state index contributed by atoms with van der Waals surface area (Å²) in [5, 5.41) is 2.47. The third-order valence-electron chi connectivity index (χ3n) is 3.10. The highest BCUT2D eigenvalue weighted by Crippen LogP contribution is 2.34. The monoisotopic (exact) mass is 233 g/mol. The van der Waals surface area contributed by atoms with Crippen molar-refractivity contribution in [3.63, 3.8) is 0 Å². The molecule has 0 bridgehead atoms. The number of ether oxygens (including phenoxy) is 1. The summed E-state index contributed by atoms with van der Waals surface area (Å²) in [5.74, 6) is 0.786. The molecule has 3 rings (SSSR count). The summed E-state index contributed by atoms with van der Waals surface area (Å²) in [6.07, 6.45) is 0. The smallest absolute Gasteiger partial charge is 0.134 e. The first-order valence-corrected chi connectivity index (χ1v) is 5.93. The molecule has 0 unspecified atom stereocenters. The van der Waals surface area contributed by atoms with E-state index in [4.69, 9.17) is 4.74 Å². The number of methoxy groups -OCH3 is 1. The predicted molar refractivity (Wildman–Crippen MR) is 74.8 cm³/mol. The van der Waals surface area contributed by atoms with Crippen molar-refractivity contribution in [3.8, 4) is 16.9 Å². The van der Waals surface area contributed by atoms with Gasteiger partial charge in [0.15, 0.2) is 0 Å². The fourth-order valence-corrected chi connectivity index (χ4v) is 2.26. The fraction of sp³-hybridized carbons (Fsp3) is 0.0588. The Morgan fingerprint density at radius 1 is 0.833 bits per heavy atom. The Hall–Kier alpha value is -2.28. The van der Waals surface area contributed by atoms with Gasteiger partial charge in [0.1, 0.15) is 5.75 Å². The van der Waals surface area contributed by atoms with Crippen LogP contribution in [-0.4, -0.2) is 7.11 Å². The molecule has 0 heterocycles. The molecule has 0 N–H and O–H groups in total. The van der Waals surface area contributed by atoms with E-state index in [1.807, 2.05) is 12.1 Å². The van der Waals surface area contributed by atoms with E-state index in [1.165, 1.54) is 16.3 Å². The van der Waals surface area contributed by atoms with Crippen LogP contribution in [0, 0.1) is 6.07 Å². The van der Waals surface area contributed by atoms with Gasteiger partial charge in [-0.2, -0.15) is 0 Å². The van der Waals surface area contributed by atoms with Crippen molar-refractivity contribution >= 4 is 10.8 Å². The maximum Gasteiger partial charge on any atom is 0.134 e. The first-order chi connectivity index (χ1) is 8.90. The lowest BCUT2D eigenvalue weighted by Gasteiger charge is -2.10. The van der Waals surface area contributed by atoms with Gasteiger partial charge in [-0.3, -0.25) is 0 Å². The molecule has 0 saturated heterocycles. The summed E-state index contributed by atoms with van der Waals surface area (Å²) in [6.45, 7) is 0. The van der Waals surface area contributed by atoms with Gasteiger partial charge in [0.2, 0.25) is 0 Å².